The minimum Gasteiger partial charge on any atom is -0.439 e. The largest absolute Gasteiger partial charge is 0.439 e. The van der Waals surface area contributed by atoms with E-state index in [1.807, 2.05) is 12.1 Å². The predicted octanol–water partition coefficient (Wildman–Crippen LogP) is 3.20. The fourth-order valence-electron chi connectivity index (χ4n) is 2.76. The molecule has 0 saturated carbocycles. The molecule has 0 bridgehead atoms. The van der Waals surface area contributed by atoms with Crippen LogP contribution < -0.4 is 5.32 Å². The summed E-state index contributed by atoms with van der Waals surface area (Å²) in [5.41, 5.74) is 2.59. The third-order valence-electron chi connectivity index (χ3n) is 3.92. The van der Waals surface area contributed by atoms with E-state index >= 15 is 0 Å². The van der Waals surface area contributed by atoms with Crippen LogP contribution in [0.4, 0.5) is 9.18 Å². The number of cyclic esters (lactones) is 1. The van der Waals surface area contributed by atoms with Crippen LogP contribution >= 0.6 is 0 Å². The van der Waals surface area contributed by atoms with E-state index in [4.69, 9.17) is 4.74 Å². The Balaban J connectivity index is 1.70. The molecule has 7 heteroatoms. The van der Waals surface area contributed by atoms with Gasteiger partial charge >= 0.3 is 6.09 Å². The summed E-state index contributed by atoms with van der Waals surface area (Å²) in [6.45, 7) is 0. The zero-order valence-corrected chi connectivity index (χ0v) is 13.0. The average molecular weight is 336 g/mol. The second-order valence-electron chi connectivity index (χ2n) is 5.54. The van der Waals surface area contributed by atoms with Crippen LogP contribution in [-0.4, -0.2) is 21.0 Å². The predicted molar refractivity (Wildman–Crippen MR) is 86.8 cm³/mol. The summed E-state index contributed by atoms with van der Waals surface area (Å²) < 4.78 is 18.5. The molecule has 0 unspecified atom stereocenters. The van der Waals surface area contributed by atoms with Crippen molar-refractivity contribution >= 4 is 6.09 Å². The first-order valence-corrected chi connectivity index (χ1v) is 7.67. The van der Waals surface area contributed by atoms with Gasteiger partial charge in [0, 0.05) is 12.4 Å². The van der Waals surface area contributed by atoms with E-state index in [1.165, 1.54) is 12.1 Å². The van der Waals surface area contributed by atoms with Crippen molar-refractivity contribution in [3.63, 3.8) is 0 Å². The van der Waals surface area contributed by atoms with Crippen molar-refractivity contribution in [1.29, 1.82) is 0 Å². The minimum atomic E-state index is -0.585. The molecule has 1 fully saturated rings. The SMILES string of the molecule is O=C1N[C@H](c2cccc(-c3cnccn3)n2)[C@@H](c2ccc(F)cc2)O1. The molecular weight excluding hydrogens is 323 g/mol. The van der Waals surface area contributed by atoms with Crippen LogP contribution in [0.1, 0.15) is 23.4 Å². The van der Waals surface area contributed by atoms with Crippen molar-refractivity contribution in [3.05, 3.63) is 78.1 Å². The maximum atomic E-state index is 13.2. The normalized spacial score (nSPS) is 19.3. The van der Waals surface area contributed by atoms with E-state index in [9.17, 15) is 9.18 Å². The van der Waals surface area contributed by atoms with Crippen LogP contribution in [0.25, 0.3) is 11.4 Å². The molecule has 1 aliphatic rings. The second-order valence-corrected chi connectivity index (χ2v) is 5.54. The van der Waals surface area contributed by atoms with Crippen LogP contribution in [0.15, 0.2) is 61.1 Å². The lowest BCUT2D eigenvalue weighted by atomic mass is 9.99. The summed E-state index contributed by atoms with van der Waals surface area (Å²) in [7, 11) is 0. The maximum Gasteiger partial charge on any atom is 0.408 e. The number of hydrogen-bond acceptors (Lipinski definition) is 5. The van der Waals surface area contributed by atoms with Gasteiger partial charge in [0.2, 0.25) is 0 Å². The van der Waals surface area contributed by atoms with Crippen molar-refractivity contribution in [3.8, 4) is 11.4 Å². The number of nitrogens with zero attached hydrogens (tertiary/aromatic N) is 3. The summed E-state index contributed by atoms with van der Waals surface area (Å²) in [5, 5.41) is 2.76. The highest BCUT2D eigenvalue weighted by Gasteiger charge is 2.37. The molecular formula is C18H13FN4O2. The summed E-state index contributed by atoms with van der Waals surface area (Å²) in [6, 6.07) is 10.8. The van der Waals surface area contributed by atoms with Crippen LogP contribution in [-0.2, 0) is 4.74 Å². The number of halogens is 1. The molecule has 2 aromatic heterocycles. The Labute approximate surface area is 142 Å². The molecule has 1 amide bonds. The van der Waals surface area contributed by atoms with Crippen molar-refractivity contribution < 1.29 is 13.9 Å². The highest BCUT2D eigenvalue weighted by Crippen LogP contribution is 2.36. The van der Waals surface area contributed by atoms with E-state index in [0.29, 0.717) is 22.6 Å². The van der Waals surface area contributed by atoms with Gasteiger partial charge in [-0.25, -0.2) is 14.2 Å². The van der Waals surface area contributed by atoms with Gasteiger partial charge in [0.05, 0.1) is 17.6 Å². The fraction of sp³-hybridized carbons (Fsp3) is 0.111. The van der Waals surface area contributed by atoms with Gasteiger partial charge in [0.1, 0.15) is 17.6 Å². The number of ether oxygens (including phenoxy) is 1. The van der Waals surface area contributed by atoms with E-state index < -0.39 is 18.2 Å². The number of alkyl carbamates (subject to hydrolysis) is 1. The third kappa shape index (κ3) is 3.03. The van der Waals surface area contributed by atoms with Gasteiger partial charge in [-0.2, -0.15) is 0 Å². The van der Waals surface area contributed by atoms with Crippen LogP contribution in [0.3, 0.4) is 0 Å². The molecule has 1 saturated heterocycles. The minimum absolute atomic E-state index is 0.347. The number of carbonyl (C=O) groups excluding carboxylic acids is 1. The van der Waals surface area contributed by atoms with Gasteiger partial charge in [0.25, 0.3) is 0 Å². The molecule has 0 radical (unpaired) electrons. The Morgan fingerprint density at radius 2 is 1.88 bits per heavy atom. The Kier molecular flexibility index (Phi) is 3.81. The molecule has 124 valence electrons. The van der Waals surface area contributed by atoms with Crippen LogP contribution in [0.2, 0.25) is 0 Å². The molecule has 25 heavy (non-hydrogen) atoms. The zero-order chi connectivity index (χ0) is 17.2. The summed E-state index contributed by atoms with van der Waals surface area (Å²) in [5.74, 6) is -0.347. The number of hydrogen-bond donors (Lipinski definition) is 1. The van der Waals surface area contributed by atoms with Gasteiger partial charge in [-0.15, -0.1) is 0 Å². The molecule has 2 atom stereocenters. The number of nitrogens with one attached hydrogen (secondary N) is 1. The molecule has 4 rings (SSSR count). The van der Waals surface area contributed by atoms with Gasteiger partial charge in [-0.1, -0.05) is 18.2 Å². The highest BCUT2D eigenvalue weighted by atomic mass is 19.1. The summed E-state index contributed by atoms with van der Waals surface area (Å²) in [6.07, 6.45) is 3.67. The van der Waals surface area contributed by atoms with Crippen LogP contribution in [0.5, 0.6) is 0 Å². The molecule has 1 N–H and O–H groups in total. The number of amides is 1. The number of benzene rings is 1. The first-order chi connectivity index (χ1) is 12.2. The lowest BCUT2D eigenvalue weighted by molar-refractivity contribution is 0.132. The van der Waals surface area contributed by atoms with Crippen molar-refractivity contribution in [2.24, 2.45) is 0 Å². The Hall–Kier alpha value is -3.35. The van der Waals surface area contributed by atoms with Gasteiger partial charge in [0.15, 0.2) is 6.10 Å². The van der Waals surface area contributed by atoms with Crippen LogP contribution in [0, 0.1) is 5.82 Å². The van der Waals surface area contributed by atoms with E-state index in [1.54, 1.807) is 36.8 Å². The maximum absolute atomic E-state index is 13.2. The zero-order valence-electron chi connectivity index (χ0n) is 13.0. The average Bonchev–Trinajstić information content (AvgIpc) is 3.05. The molecule has 3 aromatic rings. The van der Waals surface area contributed by atoms with E-state index in [0.717, 1.165) is 0 Å². The Morgan fingerprint density at radius 3 is 2.64 bits per heavy atom. The Bertz CT molecular complexity index is 902. The number of aromatic nitrogens is 3. The molecule has 0 aliphatic carbocycles. The number of carbonyl (C=O) groups is 1. The molecule has 1 aliphatic heterocycles. The standard InChI is InChI=1S/C18H13FN4O2/c19-12-6-4-11(5-7-12)17-16(23-18(24)25-17)14-3-1-2-13(22-14)15-10-20-8-9-21-15/h1-10,16-17H,(H,23,24)/t16-,17-/m1/s1. The third-order valence-corrected chi connectivity index (χ3v) is 3.92. The monoisotopic (exact) mass is 336 g/mol. The summed E-state index contributed by atoms with van der Waals surface area (Å²) in [4.78, 5) is 24.6. The molecule has 3 heterocycles. The van der Waals surface area contributed by atoms with E-state index in [2.05, 4.69) is 20.3 Å². The van der Waals surface area contributed by atoms with Gasteiger partial charge in [-0.3, -0.25) is 9.97 Å². The highest BCUT2D eigenvalue weighted by molar-refractivity contribution is 5.71. The smallest absolute Gasteiger partial charge is 0.408 e. The van der Waals surface area contributed by atoms with Gasteiger partial charge < -0.3 is 10.1 Å². The topological polar surface area (TPSA) is 77.0 Å². The summed E-state index contributed by atoms with van der Waals surface area (Å²) >= 11 is 0. The second kappa shape index (κ2) is 6.27. The van der Waals surface area contributed by atoms with Crippen molar-refractivity contribution in [1.82, 2.24) is 20.3 Å². The lowest BCUT2D eigenvalue weighted by Gasteiger charge is -2.17. The van der Waals surface area contributed by atoms with Crippen molar-refractivity contribution in [2.45, 2.75) is 12.1 Å². The van der Waals surface area contributed by atoms with Crippen molar-refractivity contribution in [2.75, 3.05) is 0 Å². The first-order valence-electron chi connectivity index (χ1n) is 7.67. The molecule has 1 aromatic carbocycles. The molecule has 0 spiro atoms. The molecule has 6 nitrogen and oxygen atoms in total. The number of pyridine rings is 1. The first kappa shape index (κ1) is 15.2. The van der Waals surface area contributed by atoms with Gasteiger partial charge in [-0.05, 0) is 29.8 Å². The quantitative estimate of drug-likeness (QED) is 0.795. The van der Waals surface area contributed by atoms with E-state index in [-0.39, 0.29) is 5.82 Å². The lowest BCUT2D eigenvalue weighted by Crippen LogP contribution is -2.20. The number of rotatable bonds is 3. The Morgan fingerprint density at radius 1 is 1.04 bits per heavy atom. The fourth-order valence-corrected chi connectivity index (χ4v) is 2.76.